The first-order valence-corrected chi connectivity index (χ1v) is 10.6. The molecule has 168 valence electrons. The van der Waals surface area contributed by atoms with Crippen molar-refractivity contribution in [3.05, 3.63) is 65.2 Å². The largest absolute Gasteiger partial charge is 0.417 e. The van der Waals surface area contributed by atoms with Crippen LogP contribution in [0.15, 0.2) is 48.5 Å². The summed E-state index contributed by atoms with van der Waals surface area (Å²) < 4.78 is 40.3. The lowest BCUT2D eigenvalue weighted by molar-refractivity contribution is -0.137. The first-order chi connectivity index (χ1) is 15.1. The van der Waals surface area contributed by atoms with E-state index in [0.717, 1.165) is 36.6 Å². The first kappa shape index (κ1) is 23.8. The molecule has 0 unspecified atom stereocenters. The predicted octanol–water partition coefficient (Wildman–Crippen LogP) is 5.75. The Balaban J connectivity index is 1.97. The number of aliphatic hydroxyl groups is 1. The highest BCUT2D eigenvalue weighted by atomic mass is 32.1. The molecule has 1 N–H and O–H groups in total. The summed E-state index contributed by atoms with van der Waals surface area (Å²) in [5.41, 5.74) is 0.380. The Bertz CT molecular complexity index is 1050. The van der Waals surface area contributed by atoms with Gasteiger partial charge in [-0.3, -0.25) is 0 Å². The van der Waals surface area contributed by atoms with Gasteiger partial charge in [0.1, 0.15) is 0 Å². The molecule has 0 spiro atoms. The lowest BCUT2D eigenvalue weighted by atomic mass is 9.77. The van der Waals surface area contributed by atoms with Gasteiger partial charge in [-0.25, -0.2) is 0 Å². The minimum absolute atomic E-state index is 0.0503. The fourth-order valence-electron chi connectivity index (χ4n) is 3.82. The number of thiocarbonyl (C=S) groups is 1. The van der Waals surface area contributed by atoms with Gasteiger partial charge in [0, 0.05) is 24.0 Å². The third-order valence-electron chi connectivity index (χ3n) is 5.83. The highest BCUT2D eigenvalue weighted by Gasteiger charge is 2.41. The van der Waals surface area contributed by atoms with Crippen LogP contribution in [0.3, 0.4) is 0 Å². The van der Waals surface area contributed by atoms with Crippen molar-refractivity contribution in [1.82, 2.24) is 0 Å². The maximum absolute atomic E-state index is 13.4. The topological polar surface area (TPSA) is 50.5 Å². The lowest BCUT2D eigenvalue weighted by Gasteiger charge is -2.50. The fraction of sp³-hybridized carbons (Fsp3) is 0.333. The van der Waals surface area contributed by atoms with Crippen molar-refractivity contribution in [2.45, 2.75) is 37.9 Å². The van der Waals surface area contributed by atoms with Crippen molar-refractivity contribution in [2.24, 2.45) is 0 Å². The van der Waals surface area contributed by atoms with Crippen molar-refractivity contribution < 1.29 is 18.3 Å². The van der Waals surface area contributed by atoms with Gasteiger partial charge in [-0.2, -0.15) is 18.4 Å². The summed E-state index contributed by atoms with van der Waals surface area (Å²) in [6, 6.07) is 12.9. The smallest absolute Gasteiger partial charge is 0.392 e. The monoisotopic (exact) mass is 459 g/mol. The van der Waals surface area contributed by atoms with Crippen LogP contribution in [0.5, 0.6) is 0 Å². The maximum Gasteiger partial charge on any atom is 0.417 e. The molecular formula is C24H24F3N3OS. The normalized spacial score (nSPS) is 15.2. The van der Waals surface area contributed by atoms with Crippen LogP contribution in [0, 0.1) is 11.3 Å². The summed E-state index contributed by atoms with van der Waals surface area (Å²) >= 11 is 5.77. The molecule has 0 radical (unpaired) electrons. The van der Waals surface area contributed by atoms with Gasteiger partial charge in [-0.05, 0) is 74.3 Å². The SMILES string of the molecule is CN(C(=S)N(c1ccc(/C=C/CO)cc1)C1(C)CCC1)c1ccc(C#N)c(C(F)(F)F)c1. The Kier molecular flexibility index (Phi) is 6.91. The van der Waals surface area contributed by atoms with Crippen LogP contribution in [0.25, 0.3) is 6.08 Å². The number of benzene rings is 2. The highest BCUT2D eigenvalue weighted by Crippen LogP contribution is 2.41. The molecule has 0 saturated heterocycles. The van der Waals surface area contributed by atoms with E-state index in [-0.39, 0.29) is 17.8 Å². The first-order valence-electron chi connectivity index (χ1n) is 10.2. The van der Waals surface area contributed by atoms with Crippen molar-refractivity contribution in [3.63, 3.8) is 0 Å². The molecule has 0 atom stereocenters. The second-order valence-corrected chi connectivity index (χ2v) is 8.41. The van der Waals surface area contributed by atoms with Gasteiger partial charge >= 0.3 is 6.18 Å². The van der Waals surface area contributed by atoms with E-state index in [1.54, 1.807) is 30.2 Å². The standard InChI is InChI=1S/C24H24F3N3OS/c1-23(12-4-13-23)30(19-9-6-17(7-10-19)5-3-14-31)22(32)29(2)20-11-8-18(16-28)21(15-20)24(25,26)27/h3,5-11,15,31H,4,12-14H2,1-2H3/b5-3+. The quantitative estimate of drug-likeness (QED) is 0.577. The Labute approximate surface area is 191 Å². The Morgan fingerprint density at radius 1 is 1.19 bits per heavy atom. The number of halogens is 3. The third kappa shape index (κ3) is 4.79. The van der Waals surface area contributed by atoms with Gasteiger partial charge in [-0.1, -0.05) is 24.3 Å². The summed E-state index contributed by atoms with van der Waals surface area (Å²) in [6.45, 7) is 2.04. The van der Waals surface area contributed by atoms with Gasteiger partial charge in [0.15, 0.2) is 5.11 Å². The van der Waals surface area contributed by atoms with Crippen LogP contribution in [-0.2, 0) is 6.18 Å². The minimum Gasteiger partial charge on any atom is -0.392 e. The molecule has 1 aliphatic carbocycles. The summed E-state index contributed by atoms with van der Waals surface area (Å²) in [5, 5.41) is 18.4. The molecule has 4 nitrogen and oxygen atoms in total. The van der Waals surface area contributed by atoms with Crippen LogP contribution >= 0.6 is 12.2 Å². The maximum atomic E-state index is 13.4. The highest BCUT2D eigenvalue weighted by molar-refractivity contribution is 7.80. The average Bonchev–Trinajstić information content (AvgIpc) is 2.75. The van der Waals surface area contributed by atoms with E-state index in [0.29, 0.717) is 5.11 Å². The number of alkyl halides is 3. The van der Waals surface area contributed by atoms with E-state index in [4.69, 9.17) is 22.6 Å². The molecule has 0 aromatic heterocycles. The van der Waals surface area contributed by atoms with Crippen molar-refractivity contribution in [2.75, 3.05) is 23.5 Å². The van der Waals surface area contributed by atoms with E-state index in [2.05, 4.69) is 6.92 Å². The van der Waals surface area contributed by atoms with E-state index < -0.39 is 17.3 Å². The van der Waals surface area contributed by atoms with Crippen molar-refractivity contribution in [3.8, 4) is 6.07 Å². The van der Waals surface area contributed by atoms with Crippen molar-refractivity contribution >= 4 is 34.8 Å². The fourth-order valence-corrected chi connectivity index (χ4v) is 4.25. The van der Waals surface area contributed by atoms with Crippen LogP contribution in [0.2, 0.25) is 0 Å². The van der Waals surface area contributed by atoms with E-state index in [9.17, 15) is 13.2 Å². The molecule has 32 heavy (non-hydrogen) atoms. The Morgan fingerprint density at radius 2 is 1.81 bits per heavy atom. The summed E-state index contributed by atoms with van der Waals surface area (Å²) in [7, 11) is 1.64. The number of rotatable bonds is 5. The zero-order chi connectivity index (χ0) is 23.5. The molecule has 0 bridgehead atoms. The second kappa shape index (κ2) is 9.31. The zero-order valence-electron chi connectivity index (χ0n) is 17.9. The number of anilines is 2. The molecule has 0 heterocycles. The van der Waals surface area contributed by atoms with Gasteiger partial charge < -0.3 is 14.9 Å². The molecule has 8 heteroatoms. The molecule has 1 fully saturated rings. The number of nitrogens with zero attached hydrogens (tertiary/aromatic N) is 3. The third-order valence-corrected chi connectivity index (χ3v) is 6.29. The van der Waals surface area contributed by atoms with Crippen LogP contribution in [-0.4, -0.2) is 29.4 Å². The van der Waals surface area contributed by atoms with Crippen LogP contribution in [0.1, 0.15) is 42.9 Å². The molecule has 1 saturated carbocycles. The lowest BCUT2D eigenvalue weighted by Crippen LogP contribution is -2.58. The average molecular weight is 460 g/mol. The molecular weight excluding hydrogens is 435 g/mol. The second-order valence-electron chi connectivity index (χ2n) is 8.04. The van der Waals surface area contributed by atoms with Gasteiger partial charge in [-0.15, -0.1) is 0 Å². The summed E-state index contributed by atoms with van der Waals surface area (Å²) in [6.07, 6.45) is 1.68. The molecule has 0 amide bonds. The van der Waals surface area contributed by atoms with E-state index in [1.807, 2.05) is 29.2 Å². The zero-order valence-corrected chi connectivity index (χ0v) is 18.7. The molecule has 0 aliphatic heterocycles. The Morgan fingerprint density at radius 3 is 2.31 bits per heavy atom. The van der Waals surface area contributed by atoms with E-state index >= 15 is 0 Å². The summed E-state index contributed by atoms with van der Waals surface area (Å²) in [5.74, 6) is 0. The number of nitriles is 1. The Hall–Kier alpha value is -2.89. The molecule has 2 aromatic rings. The summed E-state index contributed by atoms with van der Waals surface area (Å²) in [4.78, 5) is 3.55. The van der Waals surface area contributed by atoms with Crippen LogP contribution < -0.4 is 9.80 Å². The van der Waals surface area contributed by atoms with E-state index in [1.165, 1.54) is 12.1 Å². The predicted molar refractivity (Wildman–Crippen MR) is 124 cm³/mol. The van der Waals surface area contributed by atoms with Gasteiger partial charge in [0.05, 0.1) is 23.8 Å². The van der Waals surface area contributed by atoms with Crippen LogP contribution in [0.4, 0.5) is 24.5 Å². The minimum atomic E-state index is -4.64. The van der Waals surface area contributed by atoms with Crippen molar-refractivity contribution in [1.29, 1.82) is 5.26 Å². The number of aliphatic hydroxyl groups excluding tert-OH is 1. The molecule has 1 aliphatic rings. The van der Waals surface area contributed by atoms with Gasteiger partial charge in [0.2, 0.25) is 0 Å². The molecule has 2 aromatic carbocycles. The number of hydrogen-bond acceptors (Lipinski definition) is 3. The number of hydrogen-bond donors (Lipinski definition) is 1. The molecule has 3 rings (SSSR count). The van der Waals surface area contributed by atoms with Gasteiger partial charge in [0.25, 0.3) is 0 Å².